The van der Waals surface area contributed by atoms with Gasteiger partial charge in [-0.1, -0.05) is 26.3 Å². The van der Waals surface area contributed by atoms with Crippen molar-refractivity contribution in [1.82, 2.24) is 0 Å². The van der Waals surface area contributed by atoms with Crippen molar-refractivity contribution in [3.63, 3.8) is 0 Å². The average molecular weight is 459 g/mol. The smallest absolute Gasteiger partial charge is 0.333 e. The first kappa shape index (κ1) is 33.4. The van der Waals surface area contributed by atoms with Gasteiger partial charge in [-0.3, -0.25) is 0 Å². The van der Waals surface area contributed by atoms with Crippen molar-refractivity contribution in [3.8, 4) is 0 Å². The van der Waals surface area contributed by atoms with Gasteiger partial charge in [-0.15, -0.1) is 0 Å². The minimum Gasteiger partial charge on any atom is -0.478 e. The third-order valence-corrected chi connectivity index (χ3v) is 2.72. The van der Waals surface area contributed by atoms with Crippen LogP contribution in [-0.4, -0.2) is 73.7 Å². The highest BCUT2D eigenvalue weighted by Gasteiger charge is 2.03. The van der Waals surface area contributed by atoms with Gasteiger partial charge in [-0.25, -0.2) is 19.2 Å². The monoisotopic (exact) mass is 458 g/mol. The van der Waals surface area contributed by atoms with Crippen LogP contribution >= 0.6 is 0 Å². The number of rotatable bonds is 13. The van der Waals surface area contributed by atoms with E-state index in [1.807, 2.05) is 0 Å². The van der Waals surface area contributed by atoms with Crippen LogP contribution in [0.5, 0.6) is 0 Å². The fourth-order valence-electron chi connectivity index (χ4n) is 0.955. The zero-order valence-electron chi connectivity index (χ0n) is 19.2. The van der Waals surface area contributed by atoms with Crippen LogP contribution in [0.3, 0.4) is 0 Å². The maximum absolute atomic E-state index is 11.0. The third kappa shape index (κ3) is 26.8. The number of hydrogen-bond donors (Lipinski definition) is 2. The van der Waals surface area contributed by atoms with Gasteiger partial charge in [0.05, 0.1) is 26.4 Å². The Balaban J connectivity index is -0.000000571. The molecule has 0 rings (SSSR count). The summed E-state index contributed by atoms with van der Waals surface area (Å²) in [6, 6.07) is 0. The van der Waals surface area contributed by atoms with Crippen LogP contribution in [-0.2, 0) is 38.1 Å². The molecule has 32 heavy (non-hydrogen) atoms. The van der Waals surface area contributed by atoms with Gasteiger partial charge in [0.25, 0.3) is 0 Å². The number of esters is 2. The Hall–Kier alpha value is -3.24. The van der Waals surface area contributed by atoms with Crippen LogP contribution in [0.4, 0.5) is 0 Å². The van der Waals surface area contributed by atoms with Gasteiger partial charge in [0.1, 0.15) is 13.2 Å². The zero-order valence-corrected chi connectivity index (χ0v) is 19.2. The lowest BCUT2D eigenvalue weighted by atomic mass is 10.4. The van der Waals surface area contributed by atoms with Gasteiger partial charge in [-0.2, -0.15) is 0 Å². The molecule has 0 aliphatic carbocycles. The van der Waals surface area contributed by atoms with E-state index >= 15 is 0 Å². The fraction of sp³-hybridized carbons (Fsp3) is 0.455. The van der Waals surface area contributed by atoms with Crippen LogP contribution in [0.2, 0.25) is 0 Å². The summed E-state index contributed by atoms with van der Waals surface area (Å²) in [6.45, 7) is 21.0. The number of carboxylic acid groups (broad SMARTS) is 2. The maximum Gasteiger partial charge on any atom is 0.333 e. The quantitative estimate of drug-likeness (QED) is 0.240. The minimum atomic E-state index is -0.935. The standard InChI is InChI=1S/C14H22O6.2C4H6O2/c1-11(2)13(15)19-9-7-17-5-6-18-8-10-20-14(16)12(3)4;2*1-3(2)4(5)6/h1,3,5-10H2,2,4H3;2*1H2,2H3,(H,5,6). The Morgan fingerprint density at radius 3 is 0.938 bits per heavy atom. The lowest BCUT2D eigenvalue weighted by molar-refractivity contribution is -0.142. The van der Waals surface area contributed by atoms with Gasteiger partial charge in [-0.05, 0) is 27.7 Å². The van der Waals surface area contributed by atoms with E-state index < -0.39 is 23.9 Å². The largest absolute Gasteiger partial charge is 0.478 e. The molecule has 0 bridgehead atoms. The Kier molecular flexibility index (Phi) is 21.9. The summed E-state index contributed by atoms with van der Waals surface area (Å²) in [6.07, 6.45) is 0. The van der Waals surface area contributed by atoms with Gasteiger partial charge in [0, 0.05) is 22.3 Å². The molecule has 10 nitrogen and oxygen atoms in total. The van der Waals surface area contributed by atoms with Gasteiger partial charge in [0.2, 0.25) is 0 Å². The normalized spacial score (nSPS) is 9.00. The molecule has 0 aromatic heterocycles. The molecule has 0 aromatic carbocycles. The van der Waals surface area contributed by atoms with E-state index in [9.17, 15) is 19.2 Å². The highest BCUT2D eigenvalue weighted by atomic mass is 16.6. The second kappa shape index (κ2) is 21.0. The summed E-state index contributed by atoms with van der Waals surface area (Å²) >= 11 is 0. The van der Waals surface area contributed by atoms with Crippen LogP contribution < -0.4 is 0 Å². The second-order valence-electron chi connectivity index (χ2n) is 6.23. The summed E-state index contributed by atoms with van der Waals surface area (Å²) in [5.74, 6) is -2.72. The molecule has 0 saturated carbocycles. The molecular weight excluding hydrogens is 424 g/mol. The first-order valence-corrected chi connectivity index (χ1v) is 9.32. The van der Waals surface area contributed by atoms with Gasteiger partial charge in [0.15, 0.2) is 0 Å². The molecular formula is C22H34O10. The number of ether oxygens (including phenoxy) is 4. The van der Waals surface area contributed by atoms with Gasteiger partial charge < -0.3 is 29.2 Å². The fourth-order valence-corrected chi connectivity index (χ4v) is 0.955. The van der Waals surface area contributed by atoms with Crippen molar-refractivity contribution >= 4 is 23.9 Å². The number of hydrogen-bond acceptors (Lipinski definition) is 8. The van der Waals surface area contributed by atoms with E-state index in [4.69, 9.17) is 29.2 Å². The average Bonchev–Trinajstić information content (AvgIpc) is 2.69. The molecule has 0 fully saturated rings. The van der Waals surface area contributed by atoms with E-state index in [2.05, 4.69) is 26.3 Å². The van der Waals surface area contributed by atoms with Crippen LogP contribution in [0.25, 0.3) is 0 Å². The summed E-state index contributed by atoms with van der Waals surface area (Å²) < 4.78 is 20.0. The van der Waals surface area contributed by atoms with Crippen LogP contribution in [0.1, 0.15) is 27.7 Å². The van der Waals surface area contributed by atoms with Crippen molar-refractivity contribution in [3.05, 3.63) is 48.6 Å². The Morgan fingerprint density at radius 1 is 0.531 bits per heavy atom. The Bertz CT molecular complexity index is 594. The topological polar surface area (TPSA) is 146 Å². The van der Waals surface area contributed by atoms with Crippen molar-refractivity contribution in [2.24, 2.45) is 0 Å². The number of aliphatic carboxylic acids is 2. The predicted octanol–water partition coefficient (Wildman–Crippen LogP) is 2.55. The van der Waals surface area contributed by atoms with Crippen molar-refractivity contribution in [2.45, 2.75) is 27.7 Å². The summed E-state index contributed by atoms with van der Waals surface area (Å²) in [7, 11) is 0. The maximum atomic E-state index is 11.0. The molecule has 0 aliphatic heterocycles. The lowest BCUT2D eigenvalue weighted by Crippen LogP contribution is -2.15. The molecule has 0 atom stereocenters. The highest BCUT2D eigenvalue weighted by Crippen LogP contribution is 1.93. The molecule has 0 aromatic rings. The van der Waals surface area contributed by atoms with Crippen LogP contribution in [0, 0.1) is 0 Å². The molecule has 2 N–H and O–H groups in total. The SMILES string of the molecule is C=C(C)C(=O)O.C=C(C)C(=O)O.C=C(C)C(=O)OCCOCCOCCOC(=O)C(=C)C. The second-order valence-corrected chi connectivity index (χ2v) is 6.23. The van der Waals surface area contributed by atoms with E-state index in [1.165, 1.54) is 13.8 Å². The van der Waals surface area contributed by atoms with Gasteiger partial charge >= 0.3 is 23.9 Å². The van der Waals surface area contributed by atoms with E-state index in [-0.39, 0.29) is 24.4 Å². The van der Waals surface area contributed by atoms with Crippen LogP contribution in [0.15, 0.2) is 48.6 Å². The molecule has 0 saturated heterocycles. The first-order chi connectivity index (χ1) is 14.7. The highest BCUT2D eigenvalue weighted by molar-refractivity contribution is 5.87. The summed E-state index contributed by atoms with van der Waals surface area (Å²) in [5, 5.41) is 15.8. The number of carbonyl (C=O) groups excluding carboxylic acids is 2. The minimum absolute atomic E-state index is 0.176. The molecule has 0 radical (unpaired) electrons. The Morgan fingerprint density at radius 2 is 0.750 bits per heavy atom. The molecule has 0 spiro atoms. The summed E-state index contributed by atoms with van der Waals surface area (Å²) in [4.78, 5) is 41.2. The van der Waals surface area contributed by atoms with Crippen molar-refractivity contribution < 1.29 is 48.3 Å². The number of carbonyl (C=O) groups is 4. The van der Waals surface area contributed by atoms with Crippen molar-refractivity contribution in [1.29, 1.82) is 0 Å². The molecule has 182 valence electrons. The van der Waals surface area contributed by atoms with E-state index in [1.54, 1.807) is 13.8 Å². The van der Waals surface area contributed by atoms with Crippen molar-refractivity contribution in [2.75, 3.05) is 39.6 Å². The molecule has 0 amide bonds. The van der Waals surface area contributed by atoms with E-state index in [0.29, 0.717) is 37.6 Å². The number of carboxylic acids is 2. The molecule has 0 heterocycles. The first-order valence-electron chi connectivity index (χ1n) is 9.32. The Labute approximate surface area is 188 Å². The molecule has 0 aliphatic rings. The van der Waals surface area contributed by atoms with E-state index in [0.717, 1.165) is 0 Å². The molecule has 0 unspecified atom stereocenters. The third-order valence-electron chi connectivity index (χ3n) is 2.72. The zero-order chi connectivity index (χ0) is 25.7. The predicted molar refractivity (Wildman–Crippen MR) is 118 cm³/mol. The lowest BCUT2D eigenvalue weighted by Gasteiger charge is -2.07. The summed E-state index contributed by atoms with van der Waals surface area (Å²) in [5.41, 5.74) is 1.07. The molecule has 10 heteroatoms.